The van der Waals surface area contributed by atoms with Crippen LogP contribution >= 0.6 is 0 Å². The van der Waals surface area contributed by atoms with E-state index in [0.717, 1.165) is 31.5 Å². The monoisotopic (exact) mass is 252 g/mol. The van der Waals surface area contributed by atoms with Crippen molar-refractivity contribution in [2.45, 2.75) is 32.2 Å². The van der Waals surface area contributed by atoms with Gasteiger partial charge in [0, 0.05) is 17.7 Å². The van der Waals surface area contributed by atoms with E-state index in [0.29, 0.717) is 0 Å². The van der Waals surface area contributed by atoms with Gasteiger partial charge in [-0.05, 0) is 18.9 Å². The second-order valence-electron chi connectivity index (χ2n) is 5.12. The Kier molecular flexibility index (Phi) is 3.61. The number of halogens is 1. The predicted molar refractivity (Wildman–Crippen MR) is 64.5 cm³/mol. The van der Waals surface area contributed by atoms with E-state index in [1.165, 1.54) is 6.20 Å². The molecule has 0 radical (unpaired) electrons. The summed E-state index contributed by atoms with van der Waals surface area (Å²) < 4.78 is 13.0. The Bertz CT molecular complexity index is 452. The second kappa shape index (κ2) is 5.02. The van der Waals surface area contributed by atoms with Crippen molar-refractivity contribution < 1.29 is 14.3 Å². The summed E-state index contributed by atoms with van der Waals surface area (Å²) in [7, 11) is 0. The molecule has 0 bridgehead atoms. The molecule has 0 spiro atoms. The van der Waals surface area contributed by atoms with Crippen LogP contribution in [0.15, 0.2) is 18.5 Å². The van der Waals surface area contributed by atoms with Gasteiger partial charge in [-0.2, -0.15) is 0 Å². The van der Waals surface area contributed by atoms with Gasteiger partial charge >= 0.3 is 0 Å². The number of pyridine rings is 1. The molecule has 1 aliphatic rings. The fourth-order valence-corrected chi connectivity index (χ4v) is 2.45. The predicted octanol–water partition coefficient (Wildman–Crippen LogP) is 1.50. The van der Waals surface area contributed by atoms with E-state index < -0.39 is 5.82 Å². The van der Waals surface area contributed by atoms with Gasteiger partial charge in [-0.1, -0.05) is 13.3 Å². The third-order valence-corrected chi connectivity index (χ3v) is 3.72. The zero-order valence-electron chi connectivity index (χ0n) is 10.3. The van der Waals surface area contributed by atoms with E-state index >= 15 is 0 Å². The van der Waals surface area contributed by atoms with Crippen LogP contribution in [-0.4, -0.2) is 28.6 Å². The highest BCUT2D eigenvalue weighted by molar-refractivity contribution is 5.94. The Labute approximate surface area is 105 Å². The van der Waals surface area contributed by atoms with Gasteiger partial charge in [-0.3, -0.25) is 9.78 Å². The molecule has 2 unspecified atom stereocenters. The van der Waals surface area contributed by atoms with Crippen molar-refractivity contribution in [3.05, 3.63) is 29.8 Å². The SMILES string of the molecule is CC1(CO)CCCC1NC(=O)c1cncc(F)c1. The third kappa shape index (κ3) is 2.51. The lowest BCUT2D eigenvalue weighted by Gasteiger charge is -2.30. The summed E-state index contributed by atoms with van der Waals surface area (Å²) >= 11 is 0. The van der Waals surface area contributed by atoms with Crippen LogP contribution in [-0.2, 0) is 0 Å². The molecular formula is C13H17FN2O2. The van der Waals surface area contributed by atoms with Crippen molar-refractivity contribution >= 4 is 5.91 Å². The Morgan fingerprint density at radius 3 is 3.11 bits per heavy atom. The van der Waals surface area contributed by atoms with E-state index in [-0.39, 0.29) is 29.5 Å². The quantitative estimate of drug-likeness (QED) is 0.857. The summed E-state index contributed by atoms with van der Waals surface area (Å²) in [6.45, 7) is 1.99. The molecule has 18 heavy (non-hydrogen) atoms. The lowest BCUT2D eigenvalue weighted by molar-refractivity contribution is 0.0829. The minimum absolute atomic E-state index is 0.0410. The lowest BCUT2D eigenvalue weighted by atomic mass is 9.85. The van der Waals surface area contributed by atoms with Gasteiger partial charge < -0.3 is 10.4 Å². The van der Waals surface area contributed by atoms with Gasteiger partial charge in [0.15, 0.2) is 0 Å². The van der Waals surface area contributed by atoms with Crippen molar-refractivity contribution in [3.8, 4) is 0 Å². The zero-order chi connectivity index (χ0) is 13.2. The first kappa shape index (κ1) is 13.0. The molecule has 2 N–H and O–H groups in total. The van der Waals surface area contributed by atoms with Gasteiger partial charge in [0.25, 0.3) is 5.91 Å². The molecule has 4 nitrogen and oxygen atoms in total. The molecule has 2 atom stereocenters. The minimum Gasteiger partial charge on any atom is -0.396 e. The Balaban J connectivity index is 2.08. The van der Waals surface area contributed by atoms with E-state index in [1.807, 2.05) is 6.92 Å². The van der Waals surface area contributed by atoms with Crippen molar-refractivity contribution in [1.82, 2.24) is 10.3 Å². The summed E-state index contributed by atoms with van der Waals surface area (Å²) in [5.41, 5.74) is -0.0710. The van der Waals surface area contributed by atoms with Crippen LogP contribution in [0.5, 0.6) is 0 Å². The molecule has 1 aromatic heterocycles. The van der Waals surface area contributed by atoms with Crippen LogP contribution in [0.25, 0.3) is 0 Å². The van der Waals surface area contributed by atoms with Crippen molar-refractivity contribution in [3.63, 3.8) is 0 Å². The molecule has 0 saturated heterocycles. The summed E-state index contributed by atoms with van der Waals surface area (Å²) in [6.07, 6.45) is 5.10. The maximum absolute atomic E-state index is 13.0. The maximum atomic E-state index is 13.0. The number of carbonyl (C=O) groups is 1. The molecule has 1 heterocycles. The number of carbonyl (C=O) groups excluding carboxylic acids is 1. The molecule has 0 aromatic carbocycles. The van der Waals surface area contributed by atoms with E-state index in [4.69, 9.17) is 0 Å². The molecule has 5 heteroatoms. The molecule has 2 rings (SSSR count). The largest absolute Gasteiger partial charge is 0.396 e. The summed E-state index contributed by atoms with van der Waals surface area (Å²) in [6, 6.07) is 1.09. The Morgan fingerprint density at radius 2 is 2.44 bits per heavy atom. The van der Waals surface area contributed by atoms with Crippen LogP contribution < -0.4 is 5.32 Å². The van der Waals surface area contributed by atoms with Crippen LogP contribution in [0.3, 0.4) is 0 Å². The number of amides is 1. The highest BCUT2D eigenvalue weighted by Gasteiger charge is 2.39. The molecule has 1 aromatic rings. The number of aromatic nitrogens is 1. The minimum atomic E-state index is -0.529. The molecule has 0 aliphatic heterocycles. The first-order valence-corrected chi connectivity index (χ1v) is 6.07. The standard InChI is InChI=1S/C13H17FN2O2/c1-13(8-17)4-2-3-11(13)16-12(18)9-5-10(14)7-15-6-9/h5-7,11,17H,2-4,8H2,1H3,(H,16,18). The maximum Gasteiger partial charge on any atom is 0.253 e. The number of nitrogens with one attached hydrogen (secondary N) is 1. The van der Waals surface area contributed by atoms with Crippen molar-refractivity contribution in [2.75, 3.05) is 6.61 Å². The average molecular weight is 252 g/mol. The molecule has 1 saturated carbocycles. The first-order valence-electron chi connectivity index (χ1n) is 6.07. The van der Waals surface area contributed by atoms with Gasteiger partial charge in [-0.25, -0.2) is 4.39 Å². The van der Waals surface area contributed by atoms with Gasteiger partial charge in [-0.15, -0.1) is 0 Å². The lowest BCUT2D eigenvalue weighted by Crippen LogP contribution is -2.44. The zero-order valence-corrected chi connectivity index (χ0v) is 10.3. The van der Waals surface area contributed by atoms with Gasteiger partial charge in [0.1, 0.15) is 5.82 Å². The summed E-state index contributed by atoms with van der Waals surface area (Å²) in [5.74, 6) is -0.868. The number of rotatable bonds is 3. The molecule has 98 valence electrons. The van der Waals surface area contributed by atoms with Crippen molar-refractivity contribution in [2.24, 2.45) is 5.41 Å². The Morgan fingerprint density at radius 1 is 1.67 bits per heavy atom. The van der Waals surface area contributed by atoms with Crippen LogP contribution in [0.2, 0.25) is 0 Å². The fraction of sp³-hybridized carbons (Fsp3) is 0.538. The topological polar surface area (TPSA) is 62.2 Å². The Hall–Kier alpha value is -1.49. The van der Waals surface area contributed by atoms with Crippen molar-refractivity contribution in [1.29, 1.82) is 0 Å². The molecular weight excluding hydrogens is 235 g/mol. The number of hydrogen-bond donors (Lipinski definition) is 2. The number of hydrogen-bond acceptors (Lipinski definition) is 3. The van der Waals surface area contributed by atoms with E-state index in [2.05, 4.69) is 10.3 Å². The second-order valence-corrected chi connectivity index (χ2v) is 5.12. The highest BCUT2D eigenvalue weighted by Crippen LogP contribution is 2.37. The first-order chi connectivity index (χ1) is 8.55. The van der Waals surface area contributed by atoms with Crippen LogP contribution in [0.1, 0.15) is 36.5 Å². The summed E-state index contributed by atoms with van der Waals surface area (Å²) in [4.78, 5) is 15.6. The fourth-order valence-electron chi connectivity index (χ4n) is 2.45. The smallest absolute Gasteiger partial charge is 0.253 e. The van der Waals surface area contributed by atoms with Crippen LogP contribution in [0, 0.1) is 11.2 Å². The van der Waals surface area contributed by atoms with E-state index in [9.17, 15) is 14.3 Å². The van der Waals surface area contributed by atoms with Gasteiger partial charge in [0.2, 0.25) is 0 Å². The third-order valence-electron chi connectivity index (χ3n) is 3.72. The number of aliphatic hydroxyl groups excluding tert-OH is 1. The van der Waals surface area contributed by atoms with E-state index in [1.54, 1.807) is 0 Å². The molecule has 1 fully saturated rings. The normalized spacial score (nSPS) is 27.2. The highest BCUT2D eigenvalue weighted by atomic mass is 19.1. The molecule has 1 aliphatic carbocycles. The van der Waals surface area contributed by atoms with Gasteiger partial charge in [0.05, 0.1) is 18.4 Å². The summed E-state index contributed by atoms with van der Waals surface area (Å²) in [5, 5.41) is 12.3. The van der Waals surface area contributed by atoms with Crippen LogP contribution in [0.4, 0.5) is 4.39 Å². The number of aliphatic hydroxyl groups is 1. The molecule has 1 amide bonds. The number of nitrogens with zero attached hydrogens (tertiary/aromatic N) is 1. The average Bonchev–Trinajstić information content (AvgIpc) is 2.72.